The molecule has 3 aromatic carbocycles. The Morgan fingerprint density at radius 3 is 2.33 bits per heavy atom. The van der Waals surface area contributed by atoms with Crippen molar-refractivity contribution in [3.63, 3.8) is 0 Å². The molecule has 5 rings (SSSR count). The van der Waals surface area contributed by atoms with Gasteiger partial charge in [-0.05, 0) is 98.5 Å². The third kappa shape index (κ3) is 7.05. The van der Waals surface area contributed by atoms with E-state index in [1.807, 2.05) is 67.6 Å². The maximum absolute atomic E-state index is 12.2. The van der Waals surface area contributed by atoms with E-state index >= 15 is 0 Å². The van der Waals surface area contributed by atoms with E-state index in [9.17, 15) is 4.79 Å². The Hall–Kier alpha value is -4.03. The molecule has 0 saturated heterocycles. The number of halogens is 1. The highest BCUT2D eigenvalue weighted by atomic mass is 35.5. The quantitative estimate of drug-likeness (QED) is 0.137. The Balaban J connectivity index is 1.38. The first-order valence-electron chi connectivity index (χ1n) is 14.6. The van der Waals surface area contributed by atoms with Crippen molar-refractivity contribution in [1.82, 2.24) is 9.78 Å². The normalized spacial score (nSPS) is 14.0. The summed E-state index contributed by atoms with van der Waals surface area (Å²) in [5.41, 5.74) is 6.54. The number of nitrogens with zero attached hydrogens (tertiary/aromatic N) is 2. The van der Waals surface area contributed by atoms with E-state index in [0.717, 1.165) is 58.0 Å². The lowest BCUT2D eigenvalue weighted by Crippen LogP contribution is -2.15. The van der Waals surface area contributed by atoms with Crippen molar-refractivity contribution in [2.24, 2.45) is 0 Å². The molecular formula is C35H37ClN2O4. The van der Waals surface area contributed by atoms with Crippen LogP contribution in [0.25, 0.3) is 28.5 Å². The number of rotatable bonds is 10. The van der Waals surface area contributed by atoms with Gasteiger partial charge in [0.05, 0.1) is 31.1 Å². The van der Waals surface area contributed by atoms with Crippen LogP contribution in [0, 0.1) is 0 Å². The molecule has 1 fully saturated rings. The van der Waals surface area contributed by atoms with E-state index in [0.29, 0.717) is 29.9 Å². The molecule has 0 bridgehead atoms. The van der Waals surface area contributed by atoms with Crippen LogP contribution in [-0.4, -0.2) is 29.5 Å². The predicted molar refractivity (Wildman–Crippen MR) is 168 cm³/mol. The summed E-state index contributed by atoms with van der Waals surface area (Å²) in [5, 5.41) is 5.63. The van der Waals surface area contributed by atoms with Gasteiger partial charge < -0.3 is 14.2 Å². The van der Waals surface area contributed by atoms with Crippen molar-refractivity contribution < 1.29 is 19.0 Å². The summed E-state index contributed by atoms with van der Waals surface area (Å²) in [6, 6.07) is 24.3. The Kier molecular flexibility index (Phi) is 9.65. The standard InChI is InChI=1S/C35H37ClN2O4/c1-4-41-35(39)24(2)20-29-22-34(38(37-29)30-8-6-5-7-9-30)26-12-16-31(17-13-26)42-23-27-21-32(40-3)18-19-33(27)25-10-14-28(36)15-11-25/h10-22,30H,4-9,23H2,1-3H3. The lowest BCUT2D eigenvalue weighted by molar-refractivity contribution is -0.138. The predicted octanol–water partition coefficient (Wildman–Crippen LogP) is 8.93. The Bertz CT molecular complexity index is 1530. The second-order valence-electron chi connectivity index (χ2n) is 10.6. The van der Waals surface area contributed by atoms with Crippen LogP contribution in [0.2, 0.25) is 5.02 Å². The van der Waals surface area contributed by atoms with E-state index < -0.39 is 0 Å². The number of aromatic nitrogens is 2. The molecular weight excluding hydrogens is 548 g/mol. The maximum atomic E-state index is 12.2. The molecule has 0 aliphatic heterocycles. The topological polar surface area (TPSA) is 62.6 Å². The van der Waals surface area contributed by atoms with E-state index in [2.05, 4.69) is 22.9 Å². The lowest BCUT2D eigenvalue weighted by atomic mass is 9.95. The van der Waals surface area contributed by atoms with Crippen molar-refractivity contribution in [2.75, 3.05) is 13.7 Å². The molecule has 42 heavy (non-hydrogen) atoms. The third-order valence-electron chi connectivity index (χ3n) is 7.65. The molecule has 4 aromatic rings. The molecule has 7 heteroatoms. The van der Waals surface area contributed by atoms with Crippen molar-refractivity contribution in [3.8, 4) is 33.9 Å². The number of esters is 1. The van der Waals surface area contributed by atoms with Crippen LogP contribution in [0.3, 0.4) is 0 Å². The summed E-state index contributed by atoms with van der Waals surface area (Å²) in [7, 11) is 1.66. The summed E-state index contributed by atoms with van der Waals surface area (Å²) in [4.78, 5) is 12.2. The van der Waals surface area contributed by atoms with Gasteiger partial charge in [0.15, 0.2) is 0 Å². The summed E-state index contributed by atoms with van der Waals surface area (Å²) < 4.78 is 19.0. The largest absolute Gasteiger partial charge is 0.497 e. The van der Waals surface area contributed by atoms with Crippen LogP contribution < -0.4 is 9.47 Å². The molecule has 1 heterocycles. The van der Waals surface area contributed by atoms with Gasteiger partial charge in [0.1, 0.15) is 18.1 Å². The second kappa shape index (κ2) is 13.8. The fraction of sp³-hybridized carbons (Fsp3) is 0.314. The van der Waals surface area contributed by atoms with E-state index in [4.69, 9.17) is 30.9 Å². The van der Waals surface area contributed by atoms with Crippen molar-refractivity contribution in [2.45, 2.75) is 58.6 Å². The van der Waals surface area contributed by atoms with Crippen LogP contribution in [0.15, 0.2) is 78.4 Å². The first kappa shape index (κ1) is 29.5. The molecule has 0 N–H and O–H groups in total. The molecule has 1 saturated carbocycles. The SMILES string of the molecule is CCOC(=O)C(C)=Cc1cc(-c2ccc(OCc3cc(OC)ccc3-c3ccc(Cl)cc3)cc2)n(C2CCCCC2)n1. The Labute approximate surface area is 252 Å². The first-order valence-corrected chi connectivity index (χ1v) is 14.9. The number of carbonyl (C=O) groups is 1. The zero-order chi connectivity index (χ0) is 29.5. The second-order valence-corrected chi connectivity index (χ2v) is 11.0. The van der Waals surface area contributed by atoms with Gasteiger partial charge in [0.25, 0.3) is 0 Å². The molecule has 1 aromatic heterocycles. The smallest absolute Gasteiger partial charge is 0.333 e. The van der Waals surface area contributed by atoms with Gasteiger partial charge in [0.2, 0.25) is 0 Å². The van der Waals surface area contributed by atoms with Gasteiger partial charge in [-0.15, -0.1) is 0 Å². The number of methoxy groups -OCH3 is 1. The molecule has 1 aliphatic rings. The minimum absolute atomic E-state index is 0.317. The number of carbonyl (C=O) groups excluding carboxylic acids is 1. The summed E-state index contributed by atoms with van der Waals surface area (Å²) >= 11 is 6.11. The van der Waals surface area contributed by atoms with Gasteiger partial charge in [-0.2, -0.15) is 5.10 Å². The van der Waals surface area contributed by atoms with E-state index in [1.54, 1.807) is 14.0 Å². The van der Waals surface area contributed by atoms with E-state index in [1.165, 1.54) is 19.3 Å². The van der Waals surface area contributed by atoms with Gasteiger partial charge in [-0.25, -0.2) is 4.79 Å². The monoisotopic (exact) mass is 584 g/mol. The van der Waals surface area contributed by atoms with Gasteiger partial charge in [0, 0.05) is 21.7 Å². The molecule has 6 nitrogen and oxygen atoms in total. The van der Waals surface area contributed by atoms with Crippen molar-refractivity contribution >= 4 is 23.6 Å². The minimum atomic E-state index is -0.317. The highest BCUT2D eigenvalue weighted by molar-refractivity contribution is 6.30. The fourth-order valence-electron chi connectivity index (χ4n) is 5.44. The van der Waals surface area contributed by atoms with Crippen molar-refractivity contribution in [1.29, 1.82) is 0 Å². The zero-order valence-corrected chi connectivity index (χ0v) is 25.2. The average Bonchev–Trinajstić information content (AvgIpc) is 3.45. The lowest BCUT2D eigenvalue weighted by Gasteiger charge is -2.24. The Morgan fingerprint density at radius 1 is 0.952 bits per heavy atom. The van der Waals surface area contributed by atoms with E-state index in [-0.39, 0.29) is 5.97 Å². The van der Waals surface area contributed by atoms with Crippen LogP contribution in [0.1, 0.15) is 63.3 Å². The fourth-order valence-corrected chi connectivity index (χ4v) is 5.57. The Morgan fingerprint density at radius 2 is 1.64 bits per heavy atom. The summed E-state index contributed by atoms with van der Waals surface area (Å²) in [6.07, 6.45) is 7.68. The molecule has 0 radical (unpaired) electrons. The number of hydrogen-bond acceptors (Lipinski definition) is 5. The van der Waals surface area contributed by atoms with Crippen molar-refractivity contribution in [3.05, 3.63) is 94.6 Å². The average molecular weight is 585 g/mol. The first-order chi connectivity index (χ1) is 20.4. The summed E-state index contributed by atoms with van der Waals surface area (Å²) in [5.74, 6) is 1.23. The summed E-state index contributed by atoms with van der Waals surface area (Å²) in [6.45, 7) is 4.31. The number of hydrogen-bond donors (Lipinski definition) is 0. The van der Waals surface area contributed by atoms with Gasteiger partial charge in [-0.1, -0.05) is 49.1 Å². The molecule has 0 spiro atoms. The minimum Gasteiger partial charge on any atom is -0.497 e. The molecule has 0 unspecified atom stereocenters. The highest BCUT2D eigenvalue weighted by Gasteiger charge is 2.21. The number of ether oxygens (including phenoxy) is 3. The van der Waals surface area contributed by atoms with Gasteiger partial charge >= 0.3 is 5.97 Å². The highest BCUT2D eigenvalue weighted by Crippen LogP contribution is 2.34. The third-order valence-corrected chi connectivity index (χ3v) is 7.90. The maximum Gasteiger partial charge on any atom is 0.333 e. The van der Waals surface area contributed by atoms with Gasteiger partial charge in [-0.3, -0.25) is 4.68 Å². The zero-order valence-electron chi connectivity index (χ0n) is 24.4. The van der Waals surface area contributed by atoms with Crippen LogP contribution in [0.4, 0.5) is 0 Å². The molecule has 218 valence electrons. The van der Waals surface area contributed by atoms with Crippen LogP contribution in [-0.2, 0) is 16.1 Å². The molecule has 0 atom stereocenters. The van der Waals surface area contributed by atoms with Crippen LogP contribution >= 0.6 is 11.6 Å². The number of benzene rings is 3. The molecule has 1 aliphatic carbocycles. The van der Waals surface area contributed by atoms with Crippen LogP contribution in [0.5, 0.6) is 11.5 Å². The molecule has 0 amide bonds.